The molecule has 0 rings (SSSR count). The lowest BCUT2D eigenvalue weighted by molar-refractivity contribution is -0.0272. The van der Waals surface area contributed by atoms with Gasteiger partial charge in [0.05, 0.1) is 11.2 Å². The SMILES string of the molecule is CNC(CCC(C)(C)OC)C(C)(C)OC. The van der Waals surface area contributed by atoms with E-state index in [4.69, 9.17) is 9.47 Å². The van der Waals surface area contributed by atoms with Gasteiger partial charge in [-0.2, -0.15) is 0 Å². The lowest BCUT2D eigenvalue weighted by Crippen LogP contribution is -2.47. The summed E-state index contributed by atoms with van der Waals surface area (Å²) in [5.41, 5.74) is -0.197. The Hall–Kier alpha value is -0.120. The molecule has 15 heavy (non-hydrogen) atoms. The topological polar surface area (TPSA) is 30.5 Å². The molecule has 0 aliphatic heterocycles. The van der Waals surface area contributed by atoms with E-state index in [-0.39, 0.29) is 11.2 Å². The number of ether oxygens (including phenoxy) is 2. The van der Waals surface area contributed by atoms with Crippen LogP contribution in [0, 0.1) is 0 Å². The van der Waals surface area contributed by atoms with Crippen LogP contribution >= 0.6 is 0 Å². The number of methoxy groups -OCH3 is 2. The third-order valence-corrected chi connectivity index (χ3v) is 3.30. The van der Waals surface area contributed by atoms with Crippen LogP contribution in [0.25, 0.3) is 0 Å². The molecule has 0 bridgehead atoms. The van der Waals surface area contributed by atoms with E-state index in [9.17, 15) is 0 Å². The Labute approximate surface area is 94.5 Å². The predicted octanol–water partition coefficient (Wildman–Crippen LogP) is 2.20. The average Bonchev–Trinajstić information content (AvgIpc) is 2.18. The third kappa shape index (κ3) is 4.96. The molecule has 3 heteroatoms. The van der Waals surface area contributed by atoms with Gasteiger partial charge in [-0.3, -0.25) is 0 Å². The highest BCUT2D eigenvalue weighted by molar-refractivity contribution is 4.86. The molecule has 0 radical (unpaired) electrons. The minimum Gasteiger partial charge on any atom is -0.379 e. The summed E-state index contributed by atoms with van der Waals surface area (Å²) >= 11 is 0. The zero-order chi connectivity index (χ0) is 12.1. The summed E-state index contributed by atoms with van der Waals surface area (Å²) in [7, 11) is 5.49. The van der Waals surface area contributed by atoms with Crippen molar-refractivity contribution in [2.75, 3.05) is 21.3 Å². The van der Waals surface area contributed by atoms with Crippen molar-refractivity contribution in [1.29, 1.82) is 0 Å². The third-order valence-electron chi connectivity index (χ3n) is 3.30. The Bertz CT molecular complexity index is 178. The van der Waals surface area contributed by atoms with E-state index in [0.29, 0.717) is 6.04 Å². The van der Waals surface area contributed by atoms with E-state index in [1.54, 1.807) is 14.2 Å². The van der Waals surface area contributed by atoms with Crippen molar-refractivity contribution in [2.24, 2.45) is 0 Å². The van der Waals surface area contributed by atoms with E-state index < -0.39 is 0 Å². The van der Waals surface area contributed by atoms with Crippen molar-refractivity contribution < 1.29 is 9.47 Å². The van der Waals surface area contributed by atoms with Crippen molar-refractivity contribution in [3.63, 3.8) is 0 Å². The van der Waals surface area contributed by atoms with Crippen LogP contribution in [0.4, 0.5) is 0 Å². The molecule has 0 aromatic carbocycles. The second-order valence-electron chi connectivity index (χ2n) is 5.15. The molecule has 0 saturated heterocycles. The Morgan fingerprint density at radius 2 is 1.60 bits per heavy atom. The van der Waals surface area contributed by atoms with Crippen LogP contribution in [0.5, 0.6) is 0 Å². The maximum Gasteiger partial charge on any atom is 0.0774 e. The predicted molar refractivity (Wildman–Crippen MR) is 64.3 cm³/mol. The van der Waals surface area contributed by atoms with Crippen molar-refractivity contribution in [3.05, 3.63) is 0 Å². The molecule has 0 amide bonds. The van der Waals surface area contributed by atoms with E-state index in [0.717, 1.165) is 12.8 Å². The molecule has 0 aromatic heterocycles. The van der Waals surface area contributed by atoms with Crippen molar-refractivity contribution >= 4 is 0 Å². The molecule has 92 valence electrons. The van der Waals surface area contributed by atoms with Gasteiger partial charge in [0.2, 0.25) is 0 Å². The molecule has 0 aromatic rings. The first-order valence-electron chi connectivity index (χ1n) is 5.56. The Morgan fingerprint density at radius 1 is 1.07 bits per heavy atom. The molecule has 1 atom stereocenters. The van der Waals surface area contributed by atoms with Gasteiger partial charge in [-0.05, 0) is 47.6 Å². The van der Waals surface area contributed by atoms with E-state index in [1.165, 1.54) is 0 Å². The van der Waals surface area contributed by atoms with Crippen LogP contribution in [0.3, 0.4) is 0 Å². The summed E-state index contributed by atoms with van der Waals surface area (Å²) in [5.74, 6) is 0. The van der Waals surface area contributed by atoms with Crippen LogP contribution in [0.1, 0.15) is 40.5 Å². The van der Waals surface area contributed by atoms with E-state index in [1.807, 2.05) is 7.05 Å². The molecule has 1 N–H and O–H groups in total. The van der Waals surface area contributed by atoms with Crippen LogP contribution in [0.2, 0.25) is 0 Å². The first kappa shape index (κ1) is 14.9. The van der Waals surface area contributed by atoms with Gasteiger partial charge in [-0.15, -0.1) is 0 Å². The summed E-state index contributed by atoms with van der Waals surface area (Å²) in [6.45, 7) is 8.43. The van der Waals surface area contributed by atoms with Crippen molar-refractivity contribution in [1.82, 2.24) is 5.32 Å². The normalized spacial score (nSPS) is 15.4. The maximum absolute atomic E-state index is 5.49. The molecule has 1 unspecified atom stereocenters. The fourth-order valence-electron chi connectivity index (χ4n) is 1.58. The average molecular weight is 217 g/mol. The van der Waals surface area contributed by atoms with Gasteiger partial charge >= 0.3 is 0 Å². The van der Waals surface area contributed by atoms with E-state index >= 15 is 0 Å². The fourth-order valence-corrected chi connectivity index (χ4v) is 1.58. The number of nitrogens with one attached hydrogen (secondary N) is 1. The Morgan fingerprint density at radius 3 is 1.93 bits per heavy atom. The summed E-state index contributed by atoms with van der Waals surface area (Å²) < 4.78 is 10.9. The Kier molecular flexibility index (Phi) is 5.78. The number of likely N-dealkylation sites (N-methyl/N-ethyl adjacent to an activating group) is 1. The maximum atomic E-state index is 5.49. The summed E-state index contributed by atoms with van der Waals surface area (Å²) in [6, 6.07) is 0.344. The first-order chi connectivity index (χ1) is 6.79. The van der Waals surface area contributed by atoms with Gasteiger partial charge in [0, 0.05) is 20.3 Å². The number of hydrogen-bond donors (Lipinski definition) is 1. The van der Waals surface area contributed by atoms with Gasteiger partial charge in [0.1, 0.15) is 0 Å². The zero-order valence-corrected chi connectivity index (χ0v) is 11.3. The Balaban J connectivity index is 4.24. The van der Waals surface area contributed by atoms with Crippen molar-refractivity contribution in [2.45, 2.75) is 57.8 Å². The molecule has 0 saturated carbocycles. The smallest absolute Gasteiger partial charge is 0.0774 e. The van der Waals surface area contributed by atoms with Gasteiger partial charge in [0.25, 0.3) is 0 Å². The lowest BCUT2D eigenvalue weighted by atomic mass is 9.90. The zero-order valence-electron chi connectivity index (χ0n) is 11.3. The number of rotatable bonds is 7. The van der Waals surface area contributed by atoms with E-state index in [2.05, 4.69) is 33.0 Å². The van der Waals surface area contributed by atoms with Crippen molar-refractivity contribution in [3.8, 4) is 0 Å². The molecule has 0 fully saturated rings. The summed E-state index contributed by atoms with van der Waals surface area (Å²) in [6.07, 6.45) is 2.06. The molecule has 3 nitrogen and oxygen atoms in total. The van der Waals surface area contributed by atoms with Crippen LogP contribution in [-0.4, -0.2) is 38.5 Å². The highest BCUT2D eigenvalue weighted by atomic mass is 16.5. The highest BCUT2D eigenvalue weighted by Gasteiger charge is 2.29. The molecule has 0 aliphatic rings. The summed E-state index contributed by atoms with van der Waals surface area (Å²) in [5, 5.41) is 3.31. The second-order valence-corrected chi connectivity index (χ2v) is 5.15. The fraction of sp³-hybridized carbons (Fsp3) is 1.00. The molecule has 0 spiro atoms. The lowest BCUT2D eigenvalue weighted by Gasteiger charge is -2.35. The molecule has 0 aliphatic carbocycles. The van der Waals surface area contributed by atoms with Crippen LogP contribution < -0.4 is 5.32 Å². The van der Waals surface area contributed by atoms with Gasteiger partial charge in [-0.1, -0.05) is 0 Å². The second kappa shape index (κ2) is 5.83. The minimum atomic E-state index is -0.140. The molecular weight excluding hydrogens is 190 g/mol. The monoisotopic (exact) mass is 217 g/mol. The first-order valence-corrected chi connectivity index (χ1v) is 5.56. The van der Waals surface area contributed by atoms with Crippen LogP contribution in [-0.2, 0) is 9.47 Å². The standard InChI is InChI=1S/C12H27NO2/c1-11(2,14-6)9-8-10(13-5)12(3,4)15-7/h10,13H,8-9H2,1-7H3. The van der Waals surface area contributed by atoms with Gasteiger partial charge in [0.15, 0.2) is 0 Å². The highest BCUT2D eigenvalue weighted by Crippen LogP contribution is 2.23. The van der Waals surface area contributed by atoms with Gasteiger partial charge in [-0.25, -0.2) is 0 Å². The van der Waals surface area contributed by atoms with Gasteiger partial charge < -0.3 is 14.8 Å². The quantitative estimate of drug-likeness (QED) is 0.709. The minimum absolute atomic E-state index is 0.0566. The molecule has 0 heterocycles. The molecular formula is C12H27NO2. The largest absolute Gasteiger partial charge is 0.379 e. The number of hydrogen-bond acceptors (Lipinski definition) is 3. The summed E-state index contributed by atoms with van der Waals surface area (Å²) in [4.78, 5) is 0. The van der Waals surface area contributed by atoms with Crippen LogP contribution in [0.15, 0.2) is 0 Å².